The minimum Gasteiger partial charge on any atom is -0.373 e. The standard InChI is InChI=1S/C12H16N2O5S/c1-9-7-13(8-10(2)19-9)20(17,18)12-5-3-11(4-6-12)14(15)16/h3-6,9-10H,7-8H2,1-2H3/t9-,10-/m1/s1. The lowest BCUT2D eigenvalue weighted by Crippen LogP contribution is -2.48. The minimum atomic E-state index is -3.64. The van der Waals surface area contributed by atoms with Crippen LogP contribution in [0, 0.1) is 10.1 Å². The predicted octanol–water partition coefficient (Wildman–Crippen LogP) is 1.39. The number of rotatable bonds is 3. The molecule has 1 saturated heterocycles. The molecule has 0 spiro atoms. The summed E-state index contributed by atoms with van der Waals surface area (Å²) >= 11 is 0. The zero-order valence-electron chi connectivity index (χ0n) is 11.2. The van der Waals surface area contributed by atoms with Crippen molar-refractivity contribution in [2.75, 3.05) is 13.1 Å². The largest absolute Gasteiger partial charge is 0.373 e. The van der Waals surface area contributed by atoms with E-state index in [0.29, 0.717) is 0 Å². The summed E-state index contributed by atoms with van der Waals surface area (Å²) in [5, 5.41) is 10.6. The van der Waals surface area contributed by atoms with E-state index in [0.717, 1.165) is 0 Å². The molecule has 0 amide bonds. The fourth-order valence-electron chi connectivity index (χ4n) is 2.22. The number of nitro groups is 1. The van der Waals surface area contributed by atoms with Crippen LogP contribution in [0.1, 0.15) is 13.8 Å². The van der Waals surface area contributed by atoms with Crippen molar-refractivity contribution in [2.45, 2.75) is 31.0 Å². The van der Waals surface area contributed by atoms with Crippen LogP contribution in [-0.2, 0) is 14.8 Å². The van der Waals surface area contributed by atoms with Gasteiger partial charge in [0.15, 0.2) is 0 Å². The van der Waals surface area contributed by atoms with Gasteiger partial charge in [0.1, 0.15) is 0 Å². The van der Waals surface area contributed by atoms with Gasteiger partial charge in [-0.1, -0.05) is 0 Å². The van der Waals surface area contributed by atoms with Gasteiger partial charge in [-0.05, 0) is 26.0 Å². The fraction of sp³-hybridized carbons (Fsp3) is 0.500. The number of hydrogen-bond acceptors (Lipinski definition) is 5. The molecule has 0 radical (unpaired) electrons. The predicted molar refractivity (Wildman–Crippen MR) is 71.9 cm³/mol. The third-order valence-electron chi connectivity index (χ3n) is 3.07. The number of ether oxygens (including phenoxy) is 1. The first kappa shape index (κ1) is 14.9. The van der Waals surface area contributed by atoms with Crippen LogP contribution in [0.5, 0.6) is 0 Å². The van der Waals surface area contributed by atoms with E-state index >= 15 is 0 Å². The van der Waals surface area contributed by atoms with E-state index in [4.69, 9.17) is 4.74 Å². The van der Waals surface area contributed by atoms with E-state index in [1.165, 1.54) is 28.6 Å². The summed E-state index contributed by atoms with van der Waals surface area (Å²) in [6.45, 7) is 4.19. The second-order valence-corrected chi connectivity index (χ2v) is 6.77. The number of sulfonamides is 1. The first-order valence-electron chi connectivity index (χ1n) is 6.21. The van der Waals surface area contributed by atoms with Crippen LogP contribution < -0.4 is 0 Å². The van der Waals surface area contributed by atoms with Crippen LogP contribution in [-0.4, -0.2) is 42.9 Å². The summed E-state index contributed by atoms with van der Waals surface area (Å²) in [6, 6.07) is 4.91. The van der Waals surface area contributed by atoms with Gasteiger partial charge in [-0.25, -0.2) is 8.42 Å². The molecule has 1 aromatic rings. The first-order chi connectivity index (χ1) is 9.30. The molecule has 0 saturated carbocycles. The van der Waals surface area contributed by atoms with E-state index in [9.17, 15) is 18.5 Å². The minimum absolute atomic E-state index is 0.0596. The lowest BCUT2D eigenvalue weighted by atomic mass is 10.3. The van der Waals surface area contributed by atoms with Crippen molar-refractivity contribution in [1.29, 1.82) is 0 Å². The molecule has 1 aromatic carbocycles. The molecule has 20 heavy (non-hydrogen) atoms. The molecule has 2 rings (SSSR count). The molecule has 1 aliphatic rings. The van der Waals surface area contributed by atoms with Crippen molar-refractivity contribution in [2.24, 2.45) is 0 Å². The zero-order valence-corrected chi connectivity index (χ0v) is 12.0. The molecule has 0 bridgehead atoms. The fourth-order valence-corrected chi connectivity index (χ4v) is 3.81. The summed E-state index contributed by atoms with van der Waals surface area (Å²) < 4.78 is 31.8. The van der Waals surface area contributed by atoms with Crippen molar-refractivity contribution in [3.05, 3.63) is 34.4 Å². The summed E-state index contributed by atoms with van der Waals surface area (Å²) in [7, 11) is -3.64. The Morgan fingerprint density at radius 3 is 2.15 bits per heavy atom. The number of morpholine rings is 1. The van der Waals surface area contributed by atoms with Gasteiger partial charge in [-0.2, -0.15) is 4.31 Å². The molecule has 0 unspecified atom stereocenters. The second kappa shape index (κ2) is 5.47. The highest BCUT2D eigenvalue weighted by Gasteiger charge is 2.32. The lowest BCUT2D eigenvalue weighted by Gasteiger charge is -2.34. The first-order valence-corrected chi connectivity index (χ1v) is 7.65. The van der Waals surface area contributed by atoms with Crippen LogP contribution in [0.4, 0.5) is 5.69 Å². The van der Waals surface area contributed by atoms with Gasteiger partial charge in [0.05, 0.1) is 22.0 Å². The Kier molecular flexibility index (Phi) is 4.07. The maximum atomic E-state index is 12.5. The Morgan fingerprint density at radius 1 is 1.20 bits per heavy atom. The SMILES string of the molecule is C[C@@H]1CN(S(=O)(=O)c2ccc([N+](=O)[O-])cc2)C[C@@H](C)O1. The Balaban J connectivity index is 2.27. The molecule has 7 nitrogen and oxygen atoms in total. The van der Waals surface area contributed by atoms with E-state index in [2.05, 4.69) is 0 Å². The summed E-state index contributed by atoms with van der Waals surface area (Å²) in [5.41, 5.74) is -0.132. The van der Waals surface area contributed by atoms with Gasteiger partial charge in [-0.3, -0.25) is 10.1 Å². The van der Waals surface area contributed by atoms with Crippen LogP contribution in [0.15, 0.2) is 29.2 Å². The molecule has 0 N–H and O–H groups in total. The van der Waals surface area contributed by atoms with E-state index < -0.39 is 14.9 Å². The zero-order chi connectivity index (χ0) is 14.9. The maximum Gasteiger partial charge on any atom is 0.269 e. The highest BCUT2D eigenvalue weighted by Crippen LogP contribution is 2.22. The third-order valence-corrected chi connectivity index (χ3v) is 4.92. The van der Waals surface area contributed by atoms with Crippen molar-refractivity contribution in [1.82, 2.24) is 4.31 Å². The molecule has 1 aliphatic heterocycles. The molecular weight excluding hydrogens is 284 g/mol. The van der Waals surface area contributed by atoms with Gasteiger partial charge in [0, 0.05) is 25.2 Å². The number of hydrogen-bond donors (Lipinski definition) is 0. The molecule has 2 atom stereocenters. The number of benzene rings is 1. The molecule has 1 heterocycles. The van der Waals surface area contributed by atoms with Crippen LogP contribution >= 0.6 is 0 Å². The summed E-state index contributed by atoms with van der Waals surface area (Å²) in [6.07, 6.45) is -0.349. The van der Waals surface area contributed by atoms with Crippen LogP contribution in [0.3, 0.4) is 0 Å². The summed E-state index contributed by atoms with van der Waals surface area (Å²) in [5.74, 6) is 0. The average molecular weight is 300 g/mol. The van der Waals surface area contributed by atoms with E-state index in [1.807, 2.05) is 13.8 Å². The van der Waals surface area contributed by atoms with Gasteiger partial charge >= 0.3 is 0 Å². The average Bonchev–Trinajstić information content (AvgIpc) is 2.37. The Bertz CT molecular complexity index is 589. The van der Waals surface area contributed by atoms with E-state index in [-0.39, 0.29) is 35.9 Å². The molecule has 1 fully saturated rings. The second-order valence-electron chi connectivity index (χ2n) is 4.83. The quantitative estimate of drug-likeness (QED) is 0.621. The molecule has 8 heteroatoms. The summed E-state index contributed by atoms with van der Waals surface area (Å²) in [4.78, 5) is 10.1. The van der Waals surface area contributed by atoms with Crippen LogP contribution in [0.25, 0.3) is 0 Å². The normalized spacial score (nSPS) is 24.5. The Labute approximate surface area is 117 Å². The highest BCUT2D eigenvalue weighted by molar-refractivity contribution is 7.89. The van der Waals surface area contributed by atoms with Gasteiger partial charge < -0.3 is 4.74 Å². The van der Waals surface area contributed by atoms with Crippen LogP contribution in [0.2, 0.25) is 0 Å². The molecular formula is C12H16N2O5S. The smallest absolute Gasteiger partial charge is 0.269 e. The molecule has 110 valence electrons. The number of nitro benzene ring substituents is 1. The van der Waals surface area contributed by atoms with Gasteiger partial charge in [-0.15, -0.1) is 0 Å². The lowest BCUT2D eigenvalue weighted by molar-refractivity contribution is -0.384. The number of non-ortho nitro benzene ring substituents is 1. The maximum absolute atomic E-state index is 12.5. The monoisotopic (exact) mass is 300 g/mol. The van der Waals surface area contributed by atoms with Gasteiger partial charge in [0.25, 0.3) is 5.69 Å². The van der Waals surface area contributed by atoms with E-state index in [1.54, 1.807) is 0 Å². The number of nitrogens with zero attached hydrogens (tertiary/aromatic N) is 2. The Hall–Kier alpha value is -1.51. The van der Waals surface area contributed by atoms with Crippen molar-refractivity contribution < 1.29 is 18.1 Å². The van der Waals surface area contributed by atoms with Crippen molar-refractivity contribution >= 4 is 15.7 Å². The highest BCUT2D eigenvalue weighted by atomic mass is 32.2. The Morgan fingerprint density at radius 2 is 1.70 bits per heavy atom. The van der Waals surface area contributed by atoms with Gasteiger partial charge in [0.2, 0.25) is 10.0 Å². The third kappa shape index (κ3) is 2.97. The van der Waals surface area contributed by atoms with Crippen molar-refractivity contribution in [3.8, 4) is 0 Å². The van der Waals surface area contributed by atoms with Crippen molar-refractivity contribution in [3.63, 3.8) is 0 Å². The molecule has 0 aromatic heterocycles. The topological polar surface area (TPSA) is 89.8 Å². The molecule has 0 aliphatic carbocycles.